The van der Waals surface area contributed by atoms with E-state index in [9.17, 15) is 0 Å². The first kappa shape index (κ1) is 17.2. The second kappa shape index (κ2) is 6.70. The predicted octanol–water partition coefficient (Wildman–Crippen LogP) is 3.25. The van der Waals surface area contributed by atoms with Gasteiger partial charge >= 0.3 is 0 Å². The molecule has 0 atom stereocenters. The summed E-state index contributed by atoms with van der Waals surface area (Å²) in [5.74, 6) is 1.56. The highest BCUT2D eigenvalue weighted by atomic mass is 16.5. The van der Waals surface area contributed by atoms with Gasteiger partial charge in [-0.25, -0.2) is 9.97 Å². The van der Waals surface area contributed by atoms with Gasteiger partial charge in [0.05, 0.1) is 11.4 Å². The molecular weight excluding hydrogens is 314 g/mol. The van der Waals surface area contributed by atoms with Crippen molar-refractivity contribution >= 4 is 17.2 Å². The van der Waals surface area contributed by atoms with Gasteiger partial charge in [-0.15, -0.1) is 0 Å². The maximum absolute atomic E-state index is 8.56. The number of aromatic nitrogens is 2. The lowest BCUT2D eigenvalue weighted by Gasteiger charge is -2.20. The second-order valence-electron chi connectivity index (χ2n) is 6.61. The molecule has 1 aliphatic rings. The number of nitrogen functional groups attached to an aromatic ring is 1. The number of ether oxygens (including phenoxy) is 1. The molecule has 1 aromatic heterocycles. The molecule has 0 amide bonds. The Balaban J connectivity index is 1.90. The fourth-order valence-corrected chi connectivity index (χ4v) is 2.72. The van der Waals surface area contributed by atoms with Crippen LogP contribution in [0.4, 0.5) is 11.5 Å². The standard InChI is InChI=1S/C19H25N5O/c1-4-24(5-2)17-11-16(22-12-23-17)18(21)14-10-13(6-7-15(14)20)25-19(3)8-9-19/h6-7,10-12,21H,4-5,8-9,20H2,1-3H3. The molecular formula is C19H25N5O. The summed E-state index contributed by atoms with van der Waals surface area (Å²) in [6.45, 7) is 7.95. The van der Waals surface area contributed by atoms with E-state index >= 15 is 0 Å². The summed E-state index contributed by atoms with van der Waals surface area (Å²) in [6, 6.07) is 7.32. The summed E-state index contributed by atoms with van der Waals surface area (Å²) in [4.78, 5) is 10.7. The maximum atomic E-state index is 8.56. The minimum absolute atomic E-state index is 0.0690. The molecule has 3 rings (SSSR count). The average Bonchev–Trinajstić information content (AvgIpc) is 3.34. The Morgan fingerprint density at radius 2 is 1.96 bits per heavy atom. The van der Waals surface area contributed by atoms with Crippen LogP contribution in [0.15, 0.2) is 30.6 Å². The quantitative estimate of drug-likeness (QED) is 0.597. The van der Waals surface area contributed by atoms with Gasteiger partial charge in [-0.05, 0) is 51.8 Å². The predicted molar refractivity (Wildman–Crippen MR) is 101 cm³/mol. The monoisotopic (exact) mass is 339 g/mol. The molecule has 6 nitrogen and oxygen atoms in total. The van der Waals surface area contributed by atoms with Gasteiger partial charge in [-0.3, -0.25) is 5.41 Å². The molecule has 25 heavy (non-hydrogen) atoms. The van der Waals surface area contributed by atoms with Crippen LogP contribution in [0.25, 0.3) is 0 Å². The van der Waals surface area contributed by atoms with Gasteiger partial charge < -0.3 is 15.4 Å². The van der Waals surface area contributed by atoms with Crippen LogP contribution >= 0.6 is 0 Å². The van der Waals surface area contributed by atoms with Gasteiger partial charge in [-0.1, -0.05) is 0 Å². The van der Waals surface area contributed by atoms with E-state index in [4.69, 9.17) is 15.9 Å². The minimum Gasteiger partial charge on any atom is -0.488 e. The van der Waals surface area contributed by atoms with Crippen molar-refractivity contribution in [1.82, 2.24) is 9.97 Å². The molecule has 0 unspecified atom stereocenters. The number of anilines is 2. The molecule has 1 heterocycles. The molecule has 2 aromatic rings. The SMILES string of the molecule is CCN(CC)c1cc(C(=N)c2cc(OC3(C)CC3)ccc2N)ncn1. The molecule has 1 fully saturated rings. The number of benzene rings is 1. The molecule has 0 spiro atoms. The summed E-state index contributed by atoms with van der Waals surface area (Å²) in [5.41, 5.74) is 8.04. The zero-order valence-electron chi connectivity index (χ0n) is 15.0. The molecule has 132 valence electrons. The van der Waals surface area contributed by atoms with Gasteiger partial charge in [0.15, 0.2) is 0 Å². The Labute approximate surface area is 148 Å². The fraction of sp³-hybridized carbons (Fsp3) is 0.421. The van der Waals surface area contributed by atoms with Crippen molar-refractivity contribution in [3.63, 3.8) is 0 Å². The third kappa shape index (κ3) is 3.73. The van der Waals surface area contributed by atoms with Crippen molar-refractivity contribution in [1.29, 1.82) is 5.41 Å². The van der Waals surface area contributed by atoms with Crippen molar-refractivity contribution in [2.75, 3.05) is 23.7 Å². The summed E-state index contributed by atoms with van der Waals surface area (Å²) < 4.78 is 6.00. The van der Waals surface area contributed by atoms with Crippen LogP contribution in [0.5, 0.6) is 5.75 Å². The Bertz CT molecular complexity index is 781. The van der Waals surface area contributed by atoms with Crippen LogP contribution in [0.3, 0.4) is 0 Å². The molecule has 0 aliphatic heterocycles. The molecule has 1 saturated carbocycles. The van der Waals surface area contributed by atoms with E-state index in [-0.39, 0.29) is 11.3 Å². The number of nitrogens with two attached hydrogens (primary N) is 1. The largest absolute Gasteiger partial charge is 0.488 e. The highest BCUT2D eigenvalue weighted by molar-refractivity contribution is 6.13. The summed E-state index contributed by atoms with van der Waals surface area (Å²) in [7, 11) is 0. The average molecular weight is 339 g/mol. The number of rotatable bonds is 7. The number of hydrogen-bond donors (Lipinski definition) is 2. The third-order valence-electron chi connectivity index (χ3n) is 4.61. The first-order valence-electron chi connectivity index (χ1n) is 8.70. The Kier molecular flexibility index (Phi) is 4.61. The van der Waals surface area contributed by atoms with Crippen molar-refractivity contribution in [2.45, 2.75) is 39.2 Å². The van der Waals surface area contributed by atoms with Crippen LogP contribution in [0.2, 0.25) is 0 Å². The fourth-order valence-electron chi connectivity index (χ4n) is 2.72. The van der Waals surface area contributed by atoms with E-state index in [1.54, 1.807) is 6.07 Å². The lowest BCUT2D eigenvalue weighted by Crippen LogP contribution is -2.23. The molecule has 6 heteroatoms. The van der Waals surface area contributed by atoms with Crippen molar-refractivity contribution < 1.29 is 4.74 Å². The Morgan fingerprint density at radius 1 is 1.24 bits per heavy atom. The molecule has 1 aromatic carbocycles. The van der Waals surface area contributed by atoms with Gasteiger partial charge in [0, 0.05) is 30.4 Å². The maximum Gasteiger partial charge on any atom is 0.132 e. The summed E-state index contributed by atoms with van der Waals surface area (Å²) in [6.07, 6.45) is 3.62. The third-order valence-corrected chi connectivity index (χ3v) is 4.61. The second-order valence-corrected chi connectivity index (χ2v) is 6.61. The lowest BCUT2D eigenvalue weighted by molar-refractivity contribution is 0.200. The normalized spacial score (nSPS) is 14.8. The van der Waals surface area contributed by atoms with Crippen LogP contribution in [-0.4, -0.2) is 34.4 Å². The number of nitrogens with one attached hydrogen (secondary N) is 1. The van der Waals surface area contributed by atoms with Crippen LogP contribution < -0.4 is 15.4 Å². The molecule has 1 aliphatic carbocycles. The smallest absolute Gasteiger partial charge is 0.132 e. The highest BCUT2D eigenvalue weighted by Crippen LogP contribution is 2.40. The van der Waals surface area contributed by atoms with Crippen molar-refractivity contribution in [2.24, 2.45) is 0 Å². The van der Waals surface area contributed by atoms with E-state index < -0.39 is 0 Å². The number of nitrogens with zero attached hydrogens (tertiary/aromatic N) is 3. The molecule has 0 radical (unpaired) electrons. The van der Waals surface area contributed by atoms with Crippen LogP contribution in [0, 0.1) is 5.41 Å². The van der Waals surface area contributed by atoms with Crippen LogP contribution in [0.1, 0.15) is 44.9 Å². The summed E-state index contributed by atoms with van der Waals surface area (Å²) >= 11 is 0. The Morgan fingerprint density at radius 3 is 2.60 bits per heavy atom. The highest BCUT2D eigenvalue weighted by Gasteiger charge is 2.40. The lowest BCUT2D eigenvalue weighted by atomic mass is 10.0. The van der Waals surface area contributed by atoms with E-state index in [1.165, 1.54) is 6.33 Å². The zero-order chi connectivity index (χ0) is 18.0. The van der Waals surface area contributed by atoms with Gasteiger partial charge in [0.1, 0.15) is 23.5 Å². The number of hydrogen-bond acceptors (Lipinski definition) is 6. The first-order chi connectivity index (χ1) is 12.0. The van der Waals surface area contributed by atoms with E-state index in [0.717, 1.165) is 37.5 Å². The van der Waals surface area contributed by atoms with Gasteiger partial charge in [-0.2, -0.15) is 0 Å². The van der Waals surface area contributed by atoms with E-state index in [0.29, 0.717) is 16.9 Å². The minimum atomic E-state index is -0.0690. The van der Waals surface area contributed by atoms with Crippen molar-refractivity contribution in [3.8, 4) is 5.75 Å². The molecule has 3 N–H and O–H groups in total. The topological polar surface area (TPSA) is 88.1 Å². The van der Waals surface area contributed by atoms with E-state index in [2.05, 4.69) is 35.6 Å². The molecule has 0 bridgehead atoms. The van der Waals surface area contributed by atoms with Crippen molar-refractivity contribution in [3.05, 3.63) is 41.9 Å². The van der Waals surface area contributed by atoms with E-state index in [1.807, 2.05) is 18.2 Å². The Hall–Kier alpha value is -2.63. The first-order valence-corrected chi connectivity index (χ1v) is 8.70. The zero-order valence-corrected chi connectivity index (χ0v) is 15.0. The summed E-state index contributed by atoms with van der Waals surface area (Å²) in [5, 5.41) is 8.56. The van der Waals surface area contributed by atoms with Gasteiger partial charge in [0.25, 0.3) is 0 Å². The van der Waals surface area contributed by atoms with Crippen LogP contribution in [-0.2, 0) is 0 Å². The molecule has 0 saturated heterocycles. The van der Waals surface area contributed by atoms with Gasteiger partial charge in [0.2, 0.25) is 0 Å².